The SMILES string of the molecule is CCN(CC)S(=O)(=O)Nc1ccc(CCC(=O)O)cc1. The molecular weight excluding hydrogens is 280 g/mol. The quantitative estimate of drug-likeness (QED) is 0.765. The maximum Gasteiger partial charge on any atom is 0.303 e. The van der Waals surface area contributed by atoms with Crippen molar-refractivity contribution in [1.29, 1.82) is 0 Å². The van der Waals surface area contributed by atoms with E-state index < -0.39 is 16.2 Å². The Morgan fingerprint density at radius 1 is 1.20 bits per heavy atom. The number of carboxylic acids is 1. The summed E-state index contributed by atoms with van der Waals surface area (Å²) in [5.74, 6) is -0.851. The minimum absolute atomic E-state index is 0.0600. The van der Waals surface area contributed by atoms with Gasteiger partial charge in [0.1, 0.15) is 0 Å². The van der Waals surface area contributed by atoms with Gasteiger partial charge in [0.05, 0.1) is 0 Å². The molecule has 0 saturated heterocycles. The molecule has 0 aliphatic rings. The third-order valence-corrected chi connectivity index (χ3v) is 4.56. The van der Waals surface area contributed by atoms with Crippen LogP contribution in [-0.2, 0) is 21.4 Å². The number of anilines is 1. The summed E-state index contributed by atoms with van der Waals surface area (Å²) >= 11 is 0. The van der Waals surface area contributed by atoms with E-state index in [-0.39, 0.29) is 6.42 Å². The van der Waals surface area contributed by atoms with Crippen LogP contribution in [0.5, 0.6) is 0 Å². The number of hydrogen-bond acceptors (Lipinski definition) is 3. The van der Waals surface area contributed by atoms with Crippen LogP contribution in [0.1, 0.15) is 25.8 Å². The number of aryl methyl sites for hydroxylation is 1. The van der Waals surface area contributed by atoms with Crippen molar-refractivity contribution in [2.75, 3.05) is 17.8 Å². The molecule has 6 nitrogen and oxygen atoms in total. The molecule has 2 N–H and O–H groups in total. The third kappa shape index (κ3) is 4.82. The van der Waals surface area contributed by atoms with Crippen LogP contribution in [0.2, 0.25) is 0 Å². The topological polar surface area (TPSA) is 86.7 Å². The Morgan fingerprint density at radius 3 is 2.20 bits per heavy atom. The summed E-state index contributed by atoms with van der Waals surface area (Å²) in [6.07, 6.45) is 0.489. The minimum Gasteiger partial charge on any atom is -0.481 e. The summed E-state index contributed by atoms with van der Waals surface area (Å²) < 4.78 is 27.8. The van der Waals surface area contributed by atoms with Crippen molar-refractivity contribution in [2.24, 2.45) is 0 Å². The van der Waals surface area contributed by atoms with Gasteiger partial charge < -0.3 is 5.11 Å². The van der Waals surface area contributed by atoms with Gasteiger partial charge in [-0.2, -0.15) is 12.7 Å². The molecule has 0 fully saturated rings. The number of carbonyl (C=O) groups is 1. The molecule has 0 bridgehead atoms. The lowest BCUT2D eigenvalue weighted by Crippen LogP contribution is -2.35. The first-order valence-corrected chi connectivity index (χ1v) is 7.91. The number of benzene rings is 1. The molecule has 0 heterocycles. The van der Waals surface area contributed by atoms with Crippen LogP contribution >= 0.6 is 0 Å². The van der Waals surface area contributed by atoms with Gasteiger partial charge in [0.25, 0.3) is 0 Å². The number of nitrogens with zero attached hydrogens (tertiary/aromatic N) is 1. The number of rotatable bonds is 8. The van der Waals surface area contributed by atoms with Gasteiger partial charge in [0, 0.05) is 25.2 Å². The number of nitrogens with one attached hydrogen (secondary N) is 1. The van der Waals surface area contributed by atoms with Crippen molar-refractivity contribution in [3.8, 4) is 0 Å². The van der Waals surface area contributed by atoms with E-state index in [4.69, 9.17) is 5.11 Å². The van der Waals surface area contributed by atoms with Crippen molar-refractivity contribution in [2.45, 2.75) is 26.7 Å². The summed E-state index contributed by atoms with van der Waals surface area (Å²) in [6.45, 7) is 4.36. The maximum atomic E-state index is 12.0. The van der Waals surface area contributed by atoms with E-state index >= 15 is 0 Å². The highest BCUT2D eigenvalue weighted by Gasteiger charge is 2.17. The summed E-state index contributed by atoms with van der Waals surface area (Å²) in [5, 5.41) is 8.60. The smallest absolute Gasteiger partial charge is 0.303 e. The first kappa shape index (κ1) is 16.5. The molecule has 0 saturated carbocycles. The van der Waals surface area contributed by atoms with Gasteiger partial charge in [-0.05, 0) is 24.1 Å². The average molecular weight is 300 g/mol. The Kier molecular flexibility index (Phi) is 5.97. The Balaban J connectivity index is 2.72. The molecule has 0 aliphatic carbocycles. The second-order valence-corrected chi connectivity index (χ2v) is 5.95. The molecule has 0 amide bonds. The van der Waals surface area contributed by atoms with E-state index in [2.05, 4.69) is 4.72 Å². The molecule has 112 valence electrons. The molecular formula is C13H20N2O4S. The molecule has 0 unspecified atom stereocenters. The molecule has 0 spiro atoms. The van der Waals surface area contributed by atoms with Gasteiger partial charge in [-0.15, -0.1) is 0 Å². The van der Waals surface area contributed by atoms with E-state index in [1.807, 2.05) is 0 Å². The molecule has 0 atom stereocenters. The lowest BCUT2D eigenvalue weighted by atomic mass is 10.1. The zero-order valence-corrected chi connectivity index (χ0v) is 12.5. The predicted molar refractivity (Wildman–Crippen MR) is 77.9 cm³/mol. The van der Waals surface area contributed by atoms with Crippen molar-refractivity contribution < 1.29 is 18.3 Å². The summed E-state index contributed by atoms with van der Waals surface area (Å²) in [7, 11) is -3.52. The fraction of sp³-hybridized carbons (Fsp3) is 0.462. The van der Waals surface area contributed by atoms with Gasteiger partial charge >= 0.3 is 16.2 Å². The molecule has 1 rings (SSSR count). The third-order valence-electron chi connectivity index (χ3n) is 2.87. The zero-order valence-electron chi connectivity index (χ0n) is 11.7. The molecule has 20 heavy (non-hydrogen) atoms. The van der Waals surface area contributed by atoms with E-state index in [0.717, 1.165) is 5.56 Å². The van der Waals surface area contributed by atoms with Crippen LogP contribution in [0.25, 0.3) is 0 Å². The molecule has 1 aromatic carbocycles. The minimum atomic E-state index is -3.52. The van der Waals surface area contributed by atoms with E-state index in [1.54, 1.807) is 38.1 Å². The van der Waals surface area contributed by atoms with Crippen molar-refractivity contribution in [3.63, 3.8) is 0 Å². The first-order valence-electron chi connectivity index (χ1n) is 6.47. The van der Waals surface area contributed by atoms with Crippen molar-refractivity contribution in [1.82, 2.24) is 4.31 Å². The lowest BCUT2D eigenvalue weighted by Gasteiger charge is -2.19. The second kappa shape index (κ2) is 7.25. The fourth-order valence-electron chi connectivity index (χ4n) is 1.77. The van der Waals surface area contributed by atoms with Crippen LogP contribution in [0.4, 0.5) is 5.69 Å². The molecule has 0 aromatic heterocycles. The Hall–Kier alpha value is -1.60. The zero-order chi connectivity index (χ0) is 15.2. The highest BCUT2D eigenvalue weighted by molar-refractivity contribution is 7.90. The number of carboxylic acid groups (broad SMARTS) is 1. The van der Waals surface area contributed by atoms with E-state index in [9.17, 15) is 13.2 Å². The van der Waals surface area contributed by atoms with E-state index in [1.165, 1.54) is 4.31 Å². The van der Waals surface area contributed by atoms with Gasteiger partial charge in [0.2, 0.25) is 0 Å². The Morgan fingerprint density at radius 2 is 1.75 bits per heavy atom. The fourth-order valence-corrected chi connectivity index (χ4v) is 3.01. The number of hydrogen-bond donors (Lipinski definition) is 2. The van der Waals surface area contributed by atoms with Gasteiger partial charge in [-0.1, -0.05) is 26.0 Å². The van der Waals surface area contributed by atoms with Gasteiger partial charge in [-0.25, -0.2) is 0 Å². The normalized spacial score (nSPS) is 11.6. The van der Waals surface area contributed by atoms with Gasteiger partial charge in [-0.3, -0.25) is 9.52 Å². The highest BCUT2D eigenvalue weighted by Crippen LogP contribution is 2.14. The monoisotopic (exact) mass is 300 g/mol. The van der Waals surface area contributed by atoms with Crippen LogP contribution in [0, 0.1) is 0 Å². The Bertz CT molecular complexity index is 536. The summed E-state index contributed by atoms with van der Waals surface area (Å²) in [4.78, 5) is 10.5. The van der Waals surface area contributed by atoms with Crippen LogP contribution in [-0.4, -0.2) is 36.9 Å². The van der Waals surface area contributed by atoms with Crippen molar-refractivity contribution in [3.05, 3.63) is 29.8 Å². The molecule has 0 aliphatic heterocycles. The highest BCUT2D eigenvalue weighted by atomic mass is 32.2. The van der Waals surface area contributed by atoms with Gasteiger partial charge in [0.15, 0.2) is 0 Å². The summed E-state index contributed by atoms with van der Waals surface area (Å²) in [6, 6.07) is 6.72. The number of aliphatic carboxylic acids is 1. The molecule has 0 radical (unpaired) electrons. The van der Waals surface area contributed by atoms with Crippen molar-refractivity contribution >= 4 is 21.9 Å². The summed E-state index contributed by atoms with van der Waals surface area (Å²) in [5.41, 5.74) is 1.33. The standard InChI is InChI=1S/C13H20N2O4S/c1-3-15(4-2)20(18,19)14-12-8-5-11(6-9-12)7-10-13(16)17/h5-6,8-9,14H,3-4,7,10H2,1-2H3,(H,16,17). The average Bonchev–Trinajstić information content (AvgIpc) is 2.38. The first-order chi connectivity index (χ1) is 9.39. The Labute approximate surface area is 119 Å². The molecule has 7 heteroatoms. The second-order valence-electron chi connectivity index (χ2n) is 4.28. The van der Waals surface area contributed by atoms with Crippen LogP contribution < -0.4 is 4.72 Å². The largest absolute Gasteiger partial charge is 0.481 e. The van der Waals surface area contributed by atoms with E-state index in [0.29, 0.717) is 25.2 Å². The predicted octanol–water partition coefficient (Wildman–Crippen LogP) is 1.70. The lowest BCUT2D eigenvalue weighted by molar-refractivity contribution is -0.136. The van der Waals surface area contributed by atoms with Crippen LogP contribution in [0.3, 0.4) is 0 Å². The molecule has 1 aromatic rings. The maximum absolute atomic E-state index is 12.0. The van der Waals surface area contributed by atoms with Crippen LogP contribution in [0.15, 0.2) is 24.3 Å².